The van der Waals surface area contributed by atoms with Crippen molar-refractivity contribution in [2.75, 3.05) is 67.6 Å². The number of nitrogens with one attached hydrogen (secondary N) is 1. The summed E-state index contributed by atoms with van der Waals surface area (Å²) >= 11 is 0. The van der Waals surface area contributed by atoms with Crippen molar-refractivity contribution in [2.24, 2.45) is 0 Å². The molecule has 6 rings (SSSR count). The zero-order chi connectivity index (χ0) is 27.5. The molecule has 1 N–H and O–H groups in total. The first kappa shape index (κ1) is 26.4. The van der Waals surface area contributed by atoms with E-state index in [4.69, 9.17) is 9.72 Å². The second kappa shape index (κ2) is 11.3. The van der Waals surface area contributed by atoms with Crippen molar-refractivity contribution in [3.63, 3.8) is 0 Å². The molecular formula is C31H32F3N5O. The molecule has 0 bridgehead atoms. The van der Waals surface area contributed by atoms with Crippen molar-refractivity contribution >= 4 is 33.7 Å². The Bertz CT molecular complexity index is 1450. The lowest BCUT2D eigenvalue weighted by atomic mass is 10.1. The van der Waals surface area contributed by atoms with Crippen LogP contribution in [0.5, 0.6) is 0 Å². The van der Waals surface area contributed by atoms with Crippen LogP contribution in [0.4, 0.5) is 36.1 Å². The molecule has 0 amide bonds. The van der Waals surface area contributed by atoms with E-state index < -0.39 is 11.7 Å². The lowest BCUT2D eigenvalue weighted by Crippen LogP contribution is -2.46. The minimum absolute atomic E-state index is 0.499. The Labute approximate surface area is 232 Å². The van der Waals surface area contributed by atoms with Gasteiger partial charge in [0.2, 0.25) is 0 Å². The quantitative estimate of drug-likeness (QED) is 0.312. The van der Waals surface area contributed by atoms with E-state index in [2.05, 4.69) is 56.4 Å². The van der Waals surface area contributed by atoms with Crippen LogP contribution in [0.15, 0.2) is 79.0 Å². The van der Waals surface area contributed by atoms with Crippen LogP contribution in [0, 0.1) is 0 Å². The summed E-state index contributed by atoms with van der Waals surface area (Å²) in [4.78, 5) is 11.7. The van der Waals surface area contributed by atoms with Gasteiger partial charge in [0.15, 0.2) is 0 Å². The van der Waals surface area contributed by atoms with Crippen LogP contribution < -0.4 is 15.1 Å². The van der Waals surface area contributed by atoms with Gasteiger partial charge >= 0.3 is 6.18 Å². The molecule has 0 spiro atoms. The van der Waals surface area contributed by atoms with Gasteiger partial charge in [-0.25, -0.2) is 4.98 Å². The Morgan fingerprint density at radius 2 is 1.50 bits per heavy atom. The SMILES string of the molecule is FC(F)(F)c1cccc(CN2CCN(c3ncc(Nc4ccc(N5CCOCC5)cc4)c4ccccc34)CC2)c1. The molecule has 0 atom stereocenters. The highest BCUT2D eigenvalue weighted by Gasteiger charge is 2.30. The van der Waals surface area contributed by atoms with E-state index in [1.54, 1.807) is 6.07 Å². The van der Waals surface area contributed by atoms with Gasteiger partial charge in [-0.2, -0.15) is 13.2 Å². The number of nitrogens with zero attached hydrogens (tertiary/aromatic N) is 4. The summed E-state index contributed by atoms with van der Waals surface area (Å²) in [5.41, 5.74) is 3.22. The predicted molar refractivity (Wildman–Crippen MR) is 153 cm³/mol. The summed E-state index contributed by atoms with van der Waals surface area (Å²) in [7, 11) is 0. The Hall–Kier alpha value is -3.82. The van der Waals surface area contributed by atoms with Gasteiger partial charge in [-0.05, 0) is 35.9 Å². The number of benzene rings is 3. The molecule has 9 heteroatoms. The molecule has 208 valence electrons. The first-order chi connectivity index (χ1) is 19.4. The summed E-state index contributed by atoms with van der Waals surface area (Å²) in [6, 6.07) is 22.3. The molecule has 2 aliphatic heterocycles. The highest BCUT2D eigenvalue weighted by Crippen LogP contribution is 2.33. The monoisotopic (exact) mass is 547 g/mol. The summed E-state index contributed by atoms with van der Waals surface area (Å²) in [5.74, 6) is 0.933. The van der Waals surface area contributed by atoms with Gasteiger partial charge < -0.3 is 19.9 Å². The molecule has 6 nitrogen and oxygen atoms in total. The maximum Gasteiger partial charge on any atom is 0.416 e. The van der Waals surface area contributed by atoms with Crippen molar-refractivity contribution in [2.45, 2.75) is 12.7 Å². The van der Waals surface area contributed by atoms with E-state index in [-0.39, 0.29) is 0 Å². The van der Waals surface area contributed by atoms with Crippen LogP contribution >= 0.6 is 0 Å². The number of anilines is 4. The molecule has 0 unspecified atom stereocenters. The number of hydrogen-bond donors (Lipinski definition) is 1. The summed E-state index contributed by atoms with van der Waals surface area (Å²) in [5, 5.41) is 5.71. The number of pyridine rings is 1. The second-order valence-corrected chi connectivity index (χ2v) is 10.3. The number of piperazine rings is 1. The highest BCUT2D eigenvalue weighted by molar-refractivity contribution is 6.01. The zero-order valence-corrected chi connectivity index (χ0v) is 22.2. The fourth-order valence-electron chi connectivity index (χ4n) is 5.48. The van der Waals surface area contributed by atoms with E-state index in [0.29, 0.717) is 12.1 Å². The molecule has 2 saturated heterocycles. The van der Waals surface area contributed by atoms with E-state index in [0.717, 1.165) is 86.5 Å². The average Bonchev–Trinajstić information content (AvgIpc) is 2.98. The normalized spacial score (nSPS) is 16.9. The van der Waals surface area contributed by atoms with Gasteiger partial charge in [-0.3, -0.25) is 4.90 Å². The van der Waals surface area contributed by atoms with Crippen molar-refractivity contribution in [3.05, 3.63) is 90.1 Å². The van der Waals surface area contributed by atoms with Crippen LogP contribution in [-0.4, -0.2) is 62.4 Å². The van der Waals surface area contributed by atoms with Crippen LogP contribution in [0.2, 0.25) is 0 Å². The van der Waals surface area contributed by atoms with Crippen LogP contribution in [0.3, 0.4) is 0 Å². The smallest absolute Gasteiger partial charge is 0.378 e. The van der Waals surface area contributed by atoms with Crippen molar-refractivity contribution in [1.29, 1.82) is 0 Å². The number of alkyl halides is 3. The third kappa shape index (κ3) is 5.85. The molecule has 0 saturated carbocycles. The minimum atomic E-state index is -4.32. The Balaban J connectivity index is 1.13. The molecule has 2 fully saturated rings. The maximum absolute atomic E-state index is 13.1. The lowest BCUT2D eigenvalue weighted by Gasteiger charge is -2.36. The third-order valence-corrected chi connectivity index (χ3v) is 7.63. The zero-order valence-electron chi connectivity index (χ0n) is 22.2. The minimum Gasteiger partial charge on any atom is -0.378 e. The Kier molecular flexibility index (Phi) is 7.49. The third-order valence-electron chi connectivity index (χ3n) is 7.63. The number of fused-ring (bicyclic) bond motifs is 1. The van der Waals surface area contributed by atoms with Gasteiger partial charge in [0.05, 0.1) is 30.7 Å². The van der Waals surface area contributed by atoms with Gasteiger partial charge in [-0.1, -0.05) is 42.5 Å². The van der Waals surface area contributed by atoms with Gasteiger partial charge in [0.25, 0.3) is 0 Å². The van der Waals surface area contributed by atoms with Gasteiger partial charge in [0.1, 0.15) is 5.82 Å². The van der Waals surface area contributed by atoms with E-state index >= 15 is 0 Å². The van der Waals surface area contributed by atoms with Crippen LogP contribution in [0.1, 0.15) is 11.1 Å². The van der Waals surface area contributed by atoms with Crippen molar-refractivity contribution in [1.82, 2.24) is 9.88 Å². The van der Waals surface area contributed by atoms with E-state index in [9.17, 15) is 13.2 Å². The predicted octanol–water partition coefficient (Wildman–Crippen LogP) is 6.16. The second-order valence-electron chi connectivity index (χ2n) is 10.3. The molecule has 4 aromatic rings. The van der Waals surface area contributed by atoms with Crippen molar-refractivity contribution in [3.8, 4) is 0 Å². The topological polar surface area (TPSA) is 43.9 Å². The standard InChI is InChI=1S/C31H32F3N5O/c32-31(33,34)24-5-3-4-23(20-24)22-37-12-14-39(15-13-37)30-28-7-2-1-6-27(28)29(21-35-30)36-25-8-10-26(11-9-25)38-16-18-40-19-17-38/h1-11,20-21,36H,12-19,22H2. The number of halogens is 3. The number of morpholine rings is 1. The van der Waals surface area contributed by atoms with Gasteiger partial charge in [0, 0.05) is 68.0 Å². The lowest BCUT2D eigenvalue weighted by molar-refractivity contribution is -0.137. The Morgan fingerprint density at radius 1 is 0.775 bits per heavy atom. The summed E-state index contributed by atoms with van der Waals surface area (Å²) < 4.78 is 44.8. The molecule has 3 aromatic carbocycles. The summed E-state index contributed by atoms with van der Waals surface area (Å²) in [6.45, 7) is 6.84. The molecule has 2 aliphatic rings. The molecule has 0 aliphatic carbocycles. The van der Waals surface area contributed by atoms with Crippen LogP contribution in [0.25, 0.3) is 10.8 Å². The van der Waals surface area contributed by atoms with Crippen LogP contribution in [-0.2, 0) is 17.5 Å². The first-order valence-corrected chi connectivity index (χ1v) is 13.6. The van der Waals surface area contributed by atoms with Gasteiger partial charge in [-0.15, -0.1) is 0 Å². The summed E-state index contributed by atoms with van der Waals surface area (Å²) in [6.07, 6.45) is -2.43. The molecule has 1 aromatic heterocycles. The molecule has 40 heavy (non-hydrogen) atoms. The Morgan fingerprint density at radius 3 is 2.23 bits per heavy atom. The average molecular weight is 548 g/mol. The van der Waals surface area contributed by atoms with E-state index in [1.807, 2.05) is 18.3 Å². The molecular weight excluding hydrogens is 515 g/mol. The van der Waals surface area contributed by atoms with Crippen molar-refractivity contribution < 1.29 is 17.9 Å². The fourth-order valence-corrected chi connectivity index (χ4v) is 5.48. The molecule has 3 heterocycles. The number of hydrogen-bond acceptors (Lipinski definition) is 6. The fraction of sp³-hybridized carbons (Fsp3) is 0.323. The molecule has 0 radical (unpaired) electrons. The largest absolute Gasteiger partial charge is 0.416 e. The first-order valence-electron chi connectivity index (χ1n) is 13.6. The number of rotatable bonds is 6. The number of aromatic nitrogens is 1. The highest BCUT2D eigenvalue weighted by atomic mass is 19.4. The van der Waals surface area contributed by atoms with E-state index in [1.165, 1.54) is 17.8 Å². The number of ether oxygens (including phenoxy) is 1. The maximum atomic E-state index is 13.1.